The van der Waals surface area contributed by atoms with Crippen molar-refractivity contribution in [2.45, 2.75) is 12.5 Å². The molecule has 0 saturated carbocycles. The van der Waals surface area contributed by atoms with E-state index in [0.717, 1.165) is 15.0 Å². The molecule has 1 aromatic carbocycles. The molecule has 1 saturated heterocycles. The van der Waals surface area contributed by atoms with Crippen LogP contribution in [0.5, 0.6) is 0 Å². The Balaban J connectivity index is 1.50. The van der Waals surface area contributed by atoms with Crippen molar-refractivity contribution in [3.05, 3.63) is 51.8 Å². The van der Waals surface area contributed by atoms with Crippen LogP contribution in [0.1, 0.15) is 5.56 Å². The predicted octanol–water partition coefficient (Wildman–Crippen LogP) is 3.19. The molecule has 2 heterocycles. The zero-order chi connectivity index (χ0) is 16.2. The lowest BCUT2D eigenvalue weighted by molar-refractivity contribution is -0.120. The van der Waals surface area contributed by atoms with Crippen molar-refractivity contribution in [3.8, 4) is 0 Å². The lowest BCUT2D eigenvalue weighted by atomic mass is 10.1. The first-order valence-electron chi connectivity index (χ1n) is 7.15. The Labute approximate surface area is 146 Å². The molecule has 7 heteroatoms. The van der Waals surface area contributed by atoms with Crippen LogP contribution in [-0.4, -0.2) is 31.2 Å². The molecule has 2 amide bonds. The summed E-state index contributed by atoms with van der Waals surface area (Å²) in [5, 5.41) is 5.60. The molecule has 0 spiro atoms. The largest absolute Gasteiger partial charge is 0.442 e. The van der Waals surface area contributed by atoms with Gasteiger partial charge in [0.2, 0.25) is 5.91 Å². The number of carbonyl (C=O) groups excluding carboxylic acids is 2. The topological polar surface area (TPSA) is 58.6 Å². The third-order valence-corrected chi connectivity index (χ3v) is 5.15. The van der Waals surface area contributed by atoms with Crippen molar-refractivity contribution in [1.29, 1.82) is 0 Å². The van der Waals surface area contributed by atoms with E-state index in [1.807, 2.05) is 41.8 Å². The molecule has 0 radical (unpaired) electrons. The minimum absolute atomic E-state index is 0.0949. The summed E-state index contributed by atoms with van der Waals surface area (Å²) in [7, 11) is 0. The number of nitrogens with one attached hydrogen (secondary N) is 1. The summed E-state index contributed by atoms with van der Waals surface area (Å²) in [5.74, 6) is -0.0949. The number of hydrogen-bond acceptors (Lipinski definition) is 4. The standard InChI is InChI=1S/C16H15BrN2O3S/c17-13-5-2-1-4-11(13)8-14(20)18-9-12-10-19(16(21)22-12)15-6-3-7-23-15/h1-7,12H,8-10H2,(H,18,20). The van der Waals surface area contributed by atoms with Gasteiger partial charge in [0, 0.05) is 4.47 Å². The van der Waals surface area contributed by atoms with E-state index in [-0.39, 0.29) is 24.5 Å². The van der Waals surface area contributed by atoms with Crippen LogP contribution in [0.15, 0.2) is 46.3 Å². The minimum Gasteiger partial charge on any atom is -0.442 e. The molecule has 1 aliphatic rings. The van der Waals surface area contributed by atoms with Gasteiger partial charge in [-0.15, -0.1) is 11.3 Å². The number of nitrogens with zero attached hydrogens (tertiary/aromatic N) is 1. The monoisotopic (exact) mass is 394 g/mol. The van der Waals surface area contributed by atoms with Crippen molar-refractivity contribution in [2.75, 3.05) is 18.0 Å². The van der Waals surface area contributed by atoms with E-state index in [2.05, 4.69) is 21.2 Å². The van der Waals surface area contributed by atoms with Crippen LogP contribution in [0.25, 0.3) is 0 Å². The van der Waals surface area contributed by atoms with E-state index in [4.69, 9.17) is 4.74 Å². The van der Waals surface area contributed by atoms with Gasteiger partial charge in [0.05, 0.1) is 19.5 Å². The van der Waals surface area contributed by atoms with E-state index < -0.39 is 0 Å². The molecule has 1 N–H and O–H groups in total. The molecule has 0 aliphatic carbocycles. The SMILES string of the molecule is O=C(Cc1ccccc1Br)NCC1CN(c2cccs2)C(=O)O1. The summed E-state index contributed by atoms with van der Waals surface area (Å²) in [6.45, 7) is 0.769. The van der Waals surface area contributed by atoms with E-state index >= 15 is 0 Å². The Bertz CT molecular complexity index is 705. The van der Waals surface area contributed by atoms with Gasteiger partial charge in [-0.1, -0.05) is 34.1 Å². The number of benzene rings is 1. The lowest BCUT2D eigenvalue weighted by Gasteiger charge is -2.11. The van der Waals surface area contributed by atoms with Gasteiger partial charge < -0.3 is 10.1 Å². The Hall–Kier alpha value is -1.86. The quantitative estimate of drug-likeness (QED) is 0.846. The summed E-state index contributed by atoms with van der Waals surface area (Å²) in [6, 6.07) is 11.4. The van der Waals surface area contributed by atoms with Crippen LogP contribution in [0.2, 0.25) is 0 Å². The van der Waals surface area contributed by atoms with Crippen molar-refractivity contribution in [1.82, 2.24) is 5.32 Å². The van der Waals surface area contributed by atoms with Crippen molar-refractivity contribution in [3.63, 3.8) is 0 Å². The molecular formula is C16H15BrN2O3S. The van der Waals surface area contributed by atoms with Crippen molar-refractivity contribution in [2.24, 2.45) is 0 Å². The first-order valence-corrected chi connectivity index (χ1v) is 8.82. The highest BCUT2D eigenvalue weighted by Gasteiger charge is 2.32. The van der Waals surface area contributed by atoms with Gasteiger partial charge in [0.1, 0.15) is 11.1 Å². The highest BCUT2D eigenvalue weighted by atomic mass is 79.9. The zero-order valence-electron chi connectivity index (χ0n) is 12.2. The molecule has 5 nitrogen and oxygen atoms in total. The Morgan fingerprint density at radius 1 is 1.35 bits per heavy atom. The van der Waals surface area contributed by atoms with Crippen molar-refractivity contribution >= 4 is 44.3 Å². The van der Waals surface area contributed by atoms with Gasteiger partial charge >= 0.3 is 6.09 Å². The summed E-state index contributed by atoms with van der Waals surface area (Å²) < 4.78 is 6.20. The smallest absolute Gasteiger partial charge is 0.415 e. The molecule has 23 heavy (non-hydrogen) atoms. The molecular weight excluding hydrogens is 380 g/mol. The number of amides is 2. The summed E-state index contributed by atoms with van der Waals surface area (Å²) >= 11 is 4.91. The number of ether oxygens (including phenoxy) is 1. The van der Waals surface area contributed by atoms with Crippen LogP contribution in [-0.2, 0) is 16.0 Å². The zero-order valence-corrected chi connectivity index (χ0v) is 14.6. The number of cyclic esters (lactones) is 1. The normalized spacial score (nSPS) is 17.2. The average molecular weight is 395 g/mol. The number of rotatable bonds is 5. The molecule has 1 unspecified atom stereocenters. The first kappa shape index (κ1) is 16.0. The molecule has 1 aromatic heterocycles. The van der Waals surface area contributed by atoms with E-state index in [0.29, 0.717) is 13.1 Å². The van der Waals surface area contributed by atoms with Gasteiger partial charge in [-0.05, 0) is 29.1 Å². The first-order chi connectivity index (χ1) is 11.1. The van der Waals surface area contributed by atoms with Crippen LogP contribution in [0, 0.1) is 0 Å². The van der Waals surface area contributed by atoms with Gasteiger partial charge in [-0.25, -0.2) is 4.79 Å². The number of halogens is 1. The molecule has 120 valence electrons. The molecule has 2 aromatic rings. The summed E-state index contributed by atoms with van der Waals surface area (Å²) in [4.78, 5) is 25.5. The van der Waals surface area contributed by atoms with Crippen LogP contribution in [0.3, 0.4) is 0 Å². The second-order valence-electron chi connectivity index (χ2n) is 5.14. The van der Waals surface area contributed by atoms with Crippen LogP contribution in [0.4, 0.5) is 9.80 Å². The summed E-state index contributed by atoms with van der Waals surface area (Å²) in [5.41, 5.74) is 0.925. The third-order valence-electron chi connectivity index (χ3n) is 3.48. The maximum atomic E-state index is 12.0. The Morgan fingerprint density at radius 3 is 2.91 bits per heavy atom. The molecule has 1 aliphatic heterocycles. The molecule has 1 fully saturated rings. The third kappa shape index (κ3) is 3.92. The number of thiophene rings is 1. The predicted molar refractivity (Wildman–Crippen MR) is 92.8 cm³/mol. The lowest BCUT2D eigenvalue weighted by Crippen LogP contribution is -2.35. The van der Waals surface area contributed by atoms with E-state index in [9.17, 15) is 9.59 Å². The summed E-state index contributed by atoms with van der Waals surface area (Å²) in [6.07, 6.45) is -0.401. The molecule has 1 atom stereocenters. The highest BCUT2D eigenvalue weighted by molar-refractivity contribution is 9.10. The minimum atomic E-state index is -0.363. The van der Waals surface area contributed by atoms with E-state index in [1.54, 1.807) is 4.90 Å². The molecule has 0 bridgehead atoms. The fraction of sp³-hybridized carbons (Fsp3) is 0.250. The van der Waals surface area contributed by atoms with Gasteiger partial charge in [-0.3, -0.25) is 9.69 Å². The second-order valence-corrected chi connectivity index (χ2v) is 6.92. The number of hydrogen-bond donors (Lipinski definition) is 1. The fourth-order valence-electron chi connectivity index (χ4n) is 2.34. The van der Waals surface area contributed by atoms with Crippen LogP contribution < -0.4 is 10.2 Å². The van der Waals surface area contributed by atoms with Gasteiger partial charge in [-0.2, -0.15) is 0 Å². The van der Waals surface area contributed by atoms with Crippen molar-refractivity contribution < 1.29 is 14.3 Å². The molecule has 3 rings (SSSR count). The average Bonchev–Trinajstić information content (AvgIpc) is 3.17. The number of carbonyl (C=O) groups is 2. The van der Waals surface area contributed by atoms with E-state index in [1.165, 1.54) is 11.3 Å². The van der Waals surface area contributed by atoms with Gasteiger partial charge in [0.15, 0.2) is 0 Å². The number of anilines is 1. The Kier molecular flexibility index (Phi) is 4.97. The Morgan fingerprint density at radius 2 is 2.17 bits per heavy atom. The maximum absolute atomic E-state index is 12.0. The highest BCUT2D eigenvalue weighted by Crippen LogP contribution is 2.26. The van der Waals surface area contributed by atoms with Gasteiger partial charge in [0.25, 0.3) is 0 Å². The maximum Gasteiger partial charge on any atom is 0.415 e. The fourth-order valence-corrected chi connectivity index (χ4v) is 3.49. The second kappa shape index (κ2) is 7.14. The van der Waals surface area contributed by atoms with Crippen LogP contribution >= 0.6 is 27.3 Å².